The summed E-state index contributed by atoms with van der Waals surface area (Å²) in [5, 5.41) is 3.18. The maximum atomic E-state index is 11.8. The molecule has 0 saturated carbocycles. The molecule has 0 atom stereocenters. The topological polar surface area (TPSA) is 51.2 Å². The number of nitrogens with one attached hydrogen (secondary N) is 1. The van der Waals surface area contributed by atoms with Gasteiger partial charge in [0.15, 0.2) is 0 Å². The Labute approximate surface area is 122 Å². The first-order chi connectivity index (χ1) is 9.77. The third-order valence-corrected chi connectivity index (χ3v) is 2.96. The number of aromatic nitrogens is 1. The molecule has 1 heterocycles. The van der Waals surface area contributed by atoms with Crippen molar-refractivity contribution in [2.24, 2.45) is 0 Å². The number of para-hydroxylation sites is 1. The van der Waals surface area contributed by atoms with Crippen molar-refractivity contribution in [3.8, 4) is 5.75 Å². The molecule has 5 heteroatoms. The van der Waals surface area contributed by atoms with Crippen LogP contribution in [0.5, 0.6) is 5.75 Å². The second kappa shape index (κ2) is 7.50. The number of carbonyl (C=O) groups is 1. The first-order valence-electron chi connectivity index (χ1n) is 6.33. The highest BCUT2D eigenvalue weighted by Gasteiger charge is 2.08. The van der Waals surface area contributed by atoms with E-state index in [1.54, 1.807) is 12.3 Å². The Balaban J connectivity index is 1.69. The maximum absolute atomic E-state index is 11.8. The SMILES string of the molecule is O=C(NCCCOc1ccccc1)c1cnccc1Cl. The summed E-state index contributed by atoms with van der Waals surface area (Å²) in [6.45, 7) is 1.07. The second-order valence-electron chi connectivity index (χ2n) is 4.13. The van der Waals surface area contributed by atoms with Crippen molar-refractivity contribution >= 4 is 17.5 Å². The van der Waals surface area contributed by atoms with Crippen LogP contribution in [0, 0.1) is 0 Å². The summed E-state index contributed by atoms with van der Waals surface area (Å²) in [7, 11) is 0. The molecule has 20 heavy (non-hydrogen) atoms. The van der Waals surface area contributed by atoms with Gasteiger partial charge in [-0.05, 0) is 24.6 Å². The zero-order valence-corrected chi connectivity index (χ0v) is 11.6. The van der Waals surface area contributed by atoms with E-state index in [1.165, 1.54) is 6.20 Å². The molecular weight excluding hydrogens is 276 g/mol. The third kappa shape index (κ3) is 4.24. The van der Waals surface area contributed by atoms with Crippen molar-refractivity contribution in [1.82, 2.24) is 10.3 Å². The Morgan fingerprint density at radius 1 is 1.25 bits per heavy atom. The monoisotopic (exact) mass is 290 g/mol. The lowest BCUT2D eigenvalue weighted by atomic mass is 10.2. The fraction of sp³-hybridized carbons (Fsp3) is 0.200. The molecule has 0 unspecified atom stereocenters. The minimum Gasteiger partial charge on any atom is -0.494 e. The van der Waals surface area contributed by atoms with Gasteiger partial charge in [-0.1, -0.05) is 29.8 Å². The number of amides is 1. The van der Waals surface area contributed by atoms with Crippen LogP contribution in [0.25, 0.3) is 0 Å². The largest absolute Gasteiger partial charge is 0.494 e. The summed E-state index contributed by atoms with van der Waals surface area (Å²) in [5.74, 6) is 0.608. The molecule has 0 aliphatic heterocycles. The van der Waals surface area contributed by atoms with Gasteiger partial charge in [-0.3, -0.25) is 9.78 Å². The predicted molar refractivity (Wildman–Crippen MR) is 78.1 cm³/mol. The van der Waals surface area contributed by atoms with E-state index < -0.39 is 0 Å². The van der Waals surface area contributed by atoms with E-state index in [9.17, 15) is 4.79 Å². The molecule has 0 aliphatic rings. The van der Waals surface area contributed by atoms with E-state index in [-0.39, 0.29) is 5.91 Å². The first-order valence-corrected chi connectivity index (χ1v) is 6.71. The van der Waals surface area contributed by atoms with Gasteiger partial charge in [0.05, 0.1) is 17.2 Å². The van der Waals surface area contributed by atoms with Crippen molar-refractivity contribution in [2.75, 3.05) is 13.2 Å². The lowest BCUT2D eigenvalue weighted by Crippen LogP contribution is -2.26. The van der Waals surface area contributed by atoms with Gasteiger partial charge in [-0.25, -0.2) is 0 Å². The summed E-state index contributed by atoms with van der Waals surface area (Å²) < 4.78 is 5.53. The Morgan fingerprint density at radius 2 is 2.05 bits per heavy atom. The fourth-order valence-corrected chi connectivity index (χ4v) is 1.81. The lowest BCUT2D eigenvalue weighted by molar-refractivity contribution is 0.0951. The van der Waals surface area contributed by atoms with Gasteiger partial charge in [-0.15, -0.1) is 0 Å². The van der Waals surface area contributed by atoms with Crippen molar-refractivity contribution < 1.29 is 9.53 Å². The maximum Gasteiger partial charge on any atom is 0.254 e. The minimum absolute atomic E-state index is 0.220. The first kappa shape index (κ1) is 14.3. The Bertz CT molecular complexity index is 561. The average Bonchev–Trinajstić information content (AvgIpc) is 2.48. The van der Waals surface area contributed by atoms with Gasteiger partial charge in [-0.2, -0.15) is 0 Å². The number of benzene rings is 1. The molecule has 0 fully saturated rings. The van der Waals surface area contributed by atoms with E-state index in [0.717, 1.165) is 12.2 Å². The Hall–Kier alpha value is -2.07. The van der Waals surface area contributed by atoms with Gasteiger partial charge in [0.2, 0.25) is 0 Å². The molecule has 1 N–H and O–H groups in total. The smallest absolute Gasteiger partial charge is 0.254 e. The molecule has 0 spiro atoms. The molecule has 2 aromatic rings. The minimum atomic E-state index is -0.220. The number of hydrogen-bond acceptors (Lipinski definition) is 3. The van der Waals surface area contributed by atoms with Gasteiger partial charge in [0, 0.05) is 18.9 Å². The van der Waals surface area contributed by atoms with Crippen molar-refractivity contribution in [2.45, 2.75) is 6.42 Å². The molecule has 0 radical (unpaired) electrons. The zero-order chi connectivity index (χ0) is 14.2. The number of halogens is 1. The highest BCUT2D eigenvalue weighted by Crippen LogP contribution is 2.13. The fourth-order valence-electron chi connectivity index (χ4n) is 1.62. The molecule has 1 aromatic heterocycles. The Kier molecular flexibility index (Phi) is 5.38. The second-order valence-corrected chi connectivity index (χ2v) is 4.53. The highest BCUT2D eigenvalue weighted by atomic mass is 35.5. The predicted octanol–water partition coefficient (Wildman–Crippen LogP) is 2.93. The molecular formula is C15H15ClN2O2. The summed E-state index contributed by atoms with van der Waals surface area (Å²) in [6.07, 6.45) is 3.73. The molecule has 0 saturated heterocycles. The van der Waals surface area contributed by atoms with Crippen LogP contribution in [-0.4, -0.2) is 24.0 Å². The van der Waals surface area contributed by atoms with E-state index in [1.807, 2.05) is 30.3 Å². The summed E-state index contributed by atoms with van der Waals surface area (Å²) in [6, 6.07) is 11.2. The van der Waals surface area contributed by atoms with Crippen LogP contribution in [0.2, 0.25) is 5.02 Å². The number of carbonyl (C=O) groups excluding carboxylic acids is 1. The molecule has 2 rings (SSSR count). The van der Waals surface area contributed by atoms with E-state index in [2.05, 4.69) is 10.3 Å². The normalized spacial score (nSPS) is 10.1. The Morgan fingerprint density at radius 3 is 2.80 bits per heavy atom. The van der Waals surface area contributed by atoms with Gasteiger partial charge >= 0.3 is 0 Å². The molecule has 1 amide bonds. The third-order valence-electron chi connectivity index (χ3n) is 2.63. The molecule has 104 valence electrons. The number of ether oxygens (including phenoxy) is 1. The van der Waals surface area contributed by atoms with Gasteiger partial charge in [0.25, 0.3) is 5.91 Å². The van der Waals surface area contributed by atoms with Crippen LogP contribution in [0.3, 0.4) is 0 Å². The number of pyridine rings is 1. The zero-order valence-electron chi connectivity index (χ0n) is 10.9. The van der Waals surface area contributed by atoms with E-state index in [4.69, 9.17) is 16.3 Å². The lowest BCUT2D eigenvalue weighted by Gasteiger charge is -2.07. The number of rotatable bonds is 6. The van der Waals surface area contributed by atoms with E-state index in [0.29, 0.717) is 23.7 Å². The molecule has 4 nitrogen and oxygen atoms in total. The molecule has 1 aromatic carbocycles. The van der Waals surface area contributed by atoms with Crippen LogP contribution in [0.4, 0.5) is 0 Å². The number of nitrogens with zero attached hydrogens (tertiary/aromatic N) is 1. The summed E-state index contributed by atoms with van der Waals surface area (Å²) >= 11 is 5.91. The van der Waals surface area contributed by atoms with Crippen molar-refractivity contribution in [3.05, 3.63) is 59.4 Å². The van der Waals surface area contributed by atoms with Crippen LogP contribution >= 0.6 is 11.6 Å². The molecule has 0 aliphatic carbocycles. The van der Waals surface area contributed by atoms with Crippen molar-refractivity contribution in [1.29, 1.82) is 0 Å². The van der Waals surface area contributed by atoms with E-state index >= 15 is 0 Å². The van der Waals surface area contributed by atoms with Crippen LogP contribution in [0.1, 0.15) is 16.8 Å². The summed E-state index contributed by atoms with van der Waals surface area (Å²) in [5.41, 5.74) is 0.387. The summed E-state index contributed by atoms with van der Waals surface area (Å²) in [4.78, 5) is 15.7. The average molecular weight is 291 g/mol. The van der Waals surface area contributed by atoms with Crippen LogP contribution in [0.15, 0.2) is 48.8 Å². The number of hydrogen-bond donors (Lipinski definition) is 1. The van der Waals surface area contributed by atoms with Gasteiger partial charge < -0.3 is 10.1 Å². The van der Waals surface area contributed by atoms with Crippen LogP contribution in [-0.2, 0) is 0 Å². The molecule has 0 bridgehead atoms. The standard InChI is InChI=1S/C15H15ClN2O2/c16-14-7-9-17-11-13(14)15(19)18-8-4-10-20-12-5-2-1-3-6-12/h1-3,5-7,9,11H,4,8,10H2,(H,18,19). The van der Waals surface area contributed by atoms with Crippen molar-refractivity contribution in [3.63, 3.8) is 0 Å². The quantitative estimate of drug-likeness (QED) is 0.832. The van der Waals surface area contributed by atoms with Crippen LogP contribution < -0.4 is 10.1 Å². The van der Waals surface area contributed by atoms with Gasteiger partial charge in [0.1, 0.15) is 5.75 Å². The highest BCUT2D eigenvalue weighted by molar-refractivity contribution is 6.33.